The Labute approximate surface area is 171 Å². The molecule has 1 aromatic heterocycles. The van der Waals surface area contributed by atoms with E-state index in [1.807, 2.05) is 24.3 Å². The predicted molar refractivity (Wildman–Crippen MR) is 106 cm³/mol. The van der Waals surface area contributed by atoms with Crippen molar-refractivity contribution >= 4 is 11.9 Å². The molecule has 1 heterocycles. The van der Waals surface area contributed by atoms with E-state index in [0.29, 0.717) is 6.42 Å². The van der Waals surface area contributed by atoms with E-state index in [-0.39, 0.29) is 17.9 Å². The molecule has 0 aliphatic carbocycles. The van der Waals surface area contributed by atoms with Crippen LogP contribution < -0.4 is 5.32 Å². The maximum atomic E-state index is 13.4. The molecule has 3 rings (SSSR count). The van der Waals surface area contributed by atoms with Crippen LogP contribution in [0.3, 0.4) is 0 Å². The van der Waals surface area contributed by atoms with Gasteiger partial charge in [-0.25, -0.2) is 4.39 Å². The van der Waals surface area contributed by atoms with Gasteiger partial charge >= 0.3 is 5.97 Å². The number of nitrogens with one attached hydrogen (secondary N) is 2. The summed E-state index contributed by atoms with van der Waals surface area (Å²) in [6.45, 7) is -0.538. The zero-order valence-electron chi connectivity index (χ0n) is 16.0. The van der Waals surface area contributed by atoms with Crippen LogP contribution in [0.1, 0.15) is 22.5 Å². The summed E-state index contributed by atoms with van der Waals surface area (Å²) in [5, 5.41) is 31.0. The van der Waals surface area contributed by atoms with Gasteiger partial charge in [0.05, 0.1) is 18.7 Å². The maximum absolute atomic E-state index is 13.4. The highest BCUT2D eigenvalue weighted by Crippen LogP contribution is 2.22. The minimum Gasteiger partial charge on any atom is -0.481 e. The first-order valence-corrected chi connectivity index (χ1v) is 9.31. The van der Waals surface area contributed by atoms with Gasteiger partial charge in [0.25, 0.3) is 5.91 Å². The second kappa shape index (κ2) is 9.75. The first kappa shape index (κ1) is 21.1. The van der Waals surface area contributed by atoms with Gasteiger partial charge in [-0.05, 0) is 41.7 Å². The Balaban J connectivity index is 1.75. The van der Waals surface area contributed by atoms with Gasteiger partial charge < -0.3 is 15.5 Å². The van der Waals surface area contributed by atoms with Crippen LogP contribution in [-0.2, 0) is 11.2 Å². The number of H-pyrrole nitrogens is 1. The predicted octanol–water partition coefficient (Wildman–Crippen LogP) is 2.04. The average molecular weight is 412 g/mol. The van der Waals surface area contributed by atoms with Gasteiger partial charge in [0.1, 0.15) is 5.82 Å². The second-order valence-electron chi connectivity index (χ2n) is 6.89. The SMILES string of the molecule is O=C(N[C@H](Cc1ccc(-c2cccc(F)c2)cc1)C[C@@H](CO)C(=O)O)c1cn[nH]n1. The number of hydrogen-bond acceptors (Lipinski definition) is 5. The maximum Gasteiger partial charge on any atom is 0.308 e. The number of aliphatic carboxylic acids is 1. The Hall–Kier alpha value is -3.59. The number of hydrogen-bond donors (Lipinski definition) is 4. The normalized spacial score (nSPS) is 12.9. The minimum atomic E-state index is -1.14. The van der Waals surface area contributed by atoms with Crippen LogP contribution in [0, 0.1) is 11.7 Å². The van der Waals surface area contributed by atoms with Crippen LogP contribution in [0.5, 0.6) is 0 Å². The molecule has 9 heteroatoms. The molecule has 2 aromatic carbocycles. The summed E-state index contributed by atoms with van der Waals surface area (Å²) in [6, 6.07) is 13.0. The minimum absolute atomic E-state index is 0.0427. The lowest BCUT2D eigenvalue weighted by atomic mass is 9.94. The van der Waals surface area contributed by atoms with Gasteiger partial charge in [0.15, 0.2) is 5.69 Å². The fourth-order valence-electron chi connectivity index (χ4n) is 3.15. The van der Waals surface area contributed by atoms with Gasteiger partial charge in [0.2, 0.25) is 0 Å². The summed E-state index contributed by atoms with van der Waals surface area (Å²) in [4.78, 5) is 23.7. The number of halogens is 1. The highest BCUT2D eigenvalue weighted by Gasteiger charge is 2.24. The lowest BCUT2D eigenvalue weighted by Crippen LogP contribution is -2.40. The Morgan fingerprint density at radius 3 is 2.50 bits per heavy atom. The number of aromatic amines is 1. The van der Waals surface area contributed by atoms with Crippen LogP contribution in [0.4, 0.5) is 4.39 Å². The summed E-state index contributed by atoms with van der Waals surface area (Å²) in [5.41, 5.74) is 2.50. The lowest BCUT2D eigenvalue weighted by molar-refractivity contribution is -0.143. The Morgan fingerprint density at radius 1 is 1.13 bits per heavy atom. The molecule has 0 aliphatic rings. The third kappa shape index (κ3) is 5.48. The van der Waals surface area contributed by atoms with Crippen LogP contribution in [0.25, 0.3) is 11.1 Å². The summed E-state index contributed by atoms with van der Waals surface area (Å²) in [5.74, 6) is -2.97. The van der Waals surface area contributed by atoms with Crippen molar-refractivity contribution in [3.63, 3.8) is 0 Å². The standard InChI is InChI=1S/C21H21FN4O4/c22-17-3-1-2-15(9-17)14-6-4-13(5-7-14)8-18(10-16(12-27)21(29)30)24-20(28)19-11-23-26-25-19/h1-7,9,11,16,18,27H,8,10,12H2,(H,24,28)(H,29,30)(H,23,25,26)/t16-,18+/m0/s1. The van der Waals surface area contributed by atoms with Crippen LogP contribution >= 0.6 is 0 Å². The van der Waals surface area contributed by atoms with Crippen molar-refractivity contribution in [3.05, 3.63) is 71.8 Å². The molecule has 0 aliphatic heterocycles. The molecule has 0 unspecified atom stereocenters. The average Bonchev–Trinajstić information content (AvgIpc) is 3.27. The molecule has 0 saturated heterocycles. The fraction of sp³-hybridized carbons (Fsp3) is 0.238. The van der Waals surface area contributed by atoms with Crippen molar-refractivity contribution in [1.82, 2.24) is 20.7 Å². The van der Waals surface area contributed by atoms with Crippen LogP contribution in [0.2, 0.25) is 0 Å². The number of rotatable bonds is 9. The Kier molecular flexibility index (Phi) is 6.87. The third-order valence-corrected chi connectivity index (χ3v) is 4.72. The van der Waals surface area contributed by atoms with E-state index in [1.165, 1.54) is 18.3 Å². The number of benzene rings is 2. The highest BCUT2D eigenvalue weighted by molar-refractivity contribution is 5.92. The molecule has 1 amide bonds. The molecule has 3 aromatic rings. The highest BCUT2D eigenvalue weighted by atomic mass is 19.1. The number of carboxylic acid groups (broad SMARTS) is 1. The van der Waals surface area contributed by atoms with Crippen molar-refractivity contribution < 1.29 is 24.2 Å². The first-order chi connectivity index (χ1) is 14.5. The molecule has 0 saturated carbocycles. The van der Waals surface area contributed by atoms with Gasteiger partial charge in [0, 0.05) is 6.04 Å². The van der Waals surface area contributed by atoms with E-state index in [2.05, 4.69) is 20.7 Å². The number of aromatic nitrogens is 3. The molecule has 0 spiro atoms. The molecule has 8 nitrogen and oxygen atoms in total. The van der Waals surface area contributed by atoms with Crippen molar-refractivity contribution in [1.29, 1.82) is 0 Å². The van der Waals surface area contributed by atoms with Crippen molar-refractivity contribution in [2.24, 2.45) is 5.92 Å². The van der Waals surface area contributed by atoms with Crippen molar-refractivity contribution in [2.45, 2.75) is 18.9 Å². The van der Waals surface area contributed by atoms with Gasteiger partial charge in [-0.3, -0.25) is 9.59 Å². The van der Waals surface area contributed by atoms with Crippen molar-refractivity contribution in [3.8, 4) is 11.1 Å². The number of carboxylic acids is 1. The van der Waals surface area contributed by atoms with Gasteiger partial charge in [-0.2, -0.15) is 15.4 Å². The molecule has 156 valence electrons. The van der Waals surface area contributed by atoms with Gasteiger partial charge in [-0.1, -0.05) is 36.4 Å². The first-order valence-electron chi connectivity index (χ1n) is 9.31. The smallest absolute Gasteiger partial charge is 0.308 e. The molecule has 0 bridgehead atoms. The van der Waals surface area contributed by atoms with E-state index in [4.69, 9.17) is 0 Å². The monoisotopic (exact) mass is 412 g/mol. The van der Waals surface area contributed by atoms with E-state index in [1.54, 1.807) is 12.1 Å². The fourth-order valence-corrected chi connectivity index (χ4v) is 3.15. The summed E-state index contributed by atoms with van der Waals surface area (Å²) < 4.78 is 13.4. The molecule has 4 N–H and O–H groups in total. The number of carbonyl (C=O) groups excluding carboxylic acids is 1. The molecule has 2 atom stereocenters. The molecule has 0 fully saturated rings. The largest absolute Gasteiger partial charge is 0.481 e. The van der Waals surface area contributed by atoms with E-state index in [0.717, 1.165) is 16.7 Å². The number of aliphatic hydroxyl groups excluding tert-OH is 1. The summed E-state index contributed by atoms with van der Waals surface area (Å²) in [6.07, 6.45) is 1.65. The van der Waals surface area contributed by atoms with Crippen molar-refractivity contribution in [2.75, 3.05) is 6.61 Å². The summed E-state index contributed by atoms with van der Waals surface area (Å²) >= 11 is 0. The quantitative estimate of drug-likeness (QED) is 0.426. The number of aliphatic hydroxyl groups is 1. The van der Waals surface area contributed by atoms with E-state index in [9.17, 15) is 24.2 Å². The van der Waals surface area contributed by atoms with E-state index >= 15 is 0 Å². The lowest BCUT2D eigenvalue weighted by Gasteiger charge is -2.21. The number of nitrogens with zero attached hydrogens (tertiary/aromatic N) is 2. The Morgan fingerprint density at radius 2 is 1.90 bits per heavy atom. The number of amides is 1. The topological polar surface area (TPSA) is 128 Å². The zero-order chi connectivity index (χ0) is 21.5. The van der Waals surface area contributed by atoms with Gasteiger partial charge in [-0.15, -0.1) is 0 Å². The zero-order valence-corrected chi connectivity index (χ0v) is 16.0. The Bertz CT molecular complexity index is 993. The molecule has 0 radical (unpaired) electrons. The molecular formula is C21H21FN4O4. The summed E-state index contributed by atoms with van der Waals surface area (Å²) in [7, 11) is 0. The van der Waals surface area contributed by atoms with Crippen LogP contribution in [0.15, 0.2) is 54.7 Å². The molecule has 30 heavy (non-hydrogen) atoms. The van der Waals surface area contributed by atoms with E-state index < -0.39 is 30.4 Å². The second-order valence-corrected chi connectivity index (χ2v) is 6.89. The number of carbonyl (C=O) groups is 2. The molecular weight excluding hydrogens is 391 g/mol. The third-order valence-electron chi connectivity index (χ3n) is 4.72. The van der Waals surface area contributed by atoms with Crippen LogP contribution in [-0.4, -0.2) is 50.1 Å².